The second-order valence-corrected chi connectivity index (χ2v) is 7.81. The normalized spacial score (nSPS) is 45.6. The molecule has 0 radical (unpaired) electrons. The molecule has 0 atom stereocenters. The average molecular weight is 272 g/mol. The second kappa shape index (κ2) is 3.99. The molecule has 20 heavy (non-hydrogen) atoms. The Morgan fingerprint density at radius 3 is 2.40 bits per heavy atom. The van der Waals surface area contributed by atoms with Crippen molar-refractivity contribution in [3.63, 3.8) is 0 Å². The minimum absolute atomic E-state index is 0.392. The maximum atomic E-state index is 4.77. The number of nitrogens with one attached hydrogen (secondary N) is 1. The Morgan fingerprint density at radius 2 is 1.70 bits per heavy atom. The van der Waals surface area contributed by atoms with Crippen LogP contribution in [-0.2, 0) is 0 Å². The van der Waals surface area contributed by atoms with Crippen molar-refractivity contribution >= 4 is 11.8 Å². The smallest absolute Gasteiger partial charge is 0.220 e. The molecule has 4 aliphatic carbocycles. The SMILES string of the molecule is C1CCN2C(=NC1)NN=C2C12CC3CC(CC(C3)C1)C2. The summed E-state index contributed by atoms with van der Waals surface area (Å²) in [6.45, 7) is 2.08. The number of hydrogen-bond acceptors (Lipinski definition) is 4. The number of rotatable bonds is 1. The summed E-state index contributed by atoms with van der Waals surface area (Å²) in [5.74, 6) is 5.34. The van der Waals surface area contributed by atoms with E-state index in [1.54, 1.807) is 0 Å². The van der Waals surface area contributed by atoms with E-state index >= 15 is 0 Å². The Morgan fingerprint density at radius 1 is 1.00 bits per heavy atom. The molecular formula is C16H24N4. The van der Waals surface area contributed by atoms with Crippen LogP contribution < -0.4 is 5.43 Å². The molecule has 0 spiro atoms. The lowest BCUT2D eigenvalue weighted by Gasteiger charge is -2.57. The van der Waals surface area contributed by atoms with Crippen molar-refractivity contribution in [1.82, 2.24) is 10.3 Å². The highest BCUT2D eigenvalue weighted by Gasteiger charge is 2.55. The van der Waals surface area contributed by atoms with Gasteiger partial charge in [0.1, 0.15) is 5.84 Å². The van der Waals surface area contributed by atoms with Gasteiger partial charge in [-0.25, -0.2) is 5.43 Å². The van der Waals surface area contributed by atoms with Gasteiger partial charge in [-0.05, 0) is 69.1 Å². The van der Waals surface area contributed by atoms with Crippen LogP contribution in [0.3, 0.4) is 0 Å². The van der Waals surface area contributed by atoms with Crippen molar-refractivity contribution in [3.8, 4) is 0 Å². The van der Waals surface area contributed by atoms with Crippen molar-refractivity contribution in [2.75, 3.05) is 13.1 Å². The molecule has 2 heterocycles. The van der Waals surface area contributed by atoms with Crippen molar-refractivity contribution in [2.45, 2.75) is 51.4 Å². The number of hydrogen-bond donors (Lipinski definition) is 1. The van der Waals surface area contributed by atoms with Crippen LogP contribution in [0.15, 0.2) is 10.1 Å². The maximum Gasteiger partial charge on any atom is 0.220 e. The minimum atomic E-state index is 0.392. The third-order valence-electron chi connectivity index (χ3n) is 6.34. The second-order valence-electron chi connectivity index (χ2n) is 7.81. The van der Waals surface area contributed by atoms with Crippen molar-refractivity contribution in [3.05, 3.63) is 0 Å². The van der Waals surface area contributed by atoms with Crippen LogP contribution in [-0.4, -0.2) is 29.8 Å². The first kappa shape index (κ1) is 11.6. The van der Waals surface area contributed by atoms with E-state index < -0.39 is 0 Å². The van der Waals surface area contributed by atoms with Gasteiger partial charge in [-0.3, -0.25) is 9.89 Å². The molecule has 0 aromatic carbocycles. The third-order valence-corrected chi connectivity index (χ3v) is 6.34. The van der Waals surface area contributed by atoms with Gasteiger partial charge in [0, 0.05) is 18.5 Å². The topological polar surface area (TPSA) is 40.0 Å². The summed E-state index contributed by atoms with van der Waals surface area (Å²) in [7, 11) is 0. The largest absolute Gasteiger partial charge is 0.297 e. The van der Waals surface area contributed by atoms with Crippen LogP contribution in [0.5, 0.6) is 0 Å². The molecule has 4 nitrogen and oxygen atoms in total. The molecule has 4 bridgehead atoms. The van der Waals surface area contributed by atoms with Gasteiger partial charge in [-0.2, -0.15) is 5.10 Å². The highest BCUT2D eigenvalue weighted by Crippen LogP contribution is 2.61. The quantitative estimate of drug-likeness (QED) is 0.797. The molecule has 0 saturated heterocycles. The fraction of sp³-hybridized carbons (Fsp3) is 0.875. The third kappa shape index (κ3) is 1.54. The molecule has 6 rings (SSSR count). The van der Waals surface area contributed by atoms with Gasteiger partial charge in [0.05, 0.1) is 0 Å². The van der Waals surface area contributed by atoms with E-state index in [9.17, 15) is 0 Å². The Kier molecular flexibility index (Phi) is 2.31. The highest BCUT2D eigenvalue weighted by molar-refractivity contribution is 6.06. The number of guanidine groups is 1. The average Bonchev–Trinajstić information content (AvgIpc) is 2.68. The summed E-state index contributed by atoms with van der Waals surface area (Å²) in [4.78, 5) is 7.11. The van der Waals surface area contributed by atoms with E-state index in [2.05, 4.69) is 15.3 Å². The number of amidine groups is 1. The van der Waals surface area contributed by atoms with E-state index in [1.165, 1.54) is 57.2 Å². The fourth-order valence-electron chi connectivity index (χ4n) is 6.01. The van der Waals surface area contributed by atoms with E-state index in [0.717, 1.165) is 36.8 Å². The van der Waals surface area contributed by atoms with Gasteiger partial charge in [-0.1, -0.05) is 0 Å². The zero-order valence-corrected chi connectivity index (χ0v) is 12.1. The predicted molar refractivity (Wildman–Crippen MR) is 79.4 cm³/mol. The molecule has 4 saturated carbocycles. The zero-order valence-electron chi connectivity index (χ0n) is 12.1. The number of hydrazone groups is 1. The van der Waals surface area contributed by atoms with Gasteiger partial charge in [0.25, 0.3) is 0 Å². The van der Waals surface area contributed by atoms with Gasteiger partial charge in [-0.15, -0.1) is 0 Å². The van der Waals surface area contributed by atoms with Crippen LogP contribution in [0.25, 0.3) is 0 Å². The Bertz CT molecular complexity index is 457. The maximum absolute atomic E-state index is 4.77. The first-order chi connectivity index (χ1) is 9.82. The number of aliphatic imine (C=N–C) groups is 1. The van der Waals surface area contributed by atoms with Crippen LogP contribution in [0, 0.1) is 23.2 Å². The fourth-order valence-corrected chi connectivity index (χ4v) is 6.01. The van der Waals surface area contributed by atoms with E-state index in [-0.39, 0.29) is 0 Å². The van der Waals surface area contributed by atoms with Gasteiger partial charge >= 0.3 is 0 Å². The molecule has 0 unspecified atom stereocenters. The van der Waals surface area contributed by atoms with Crippen molar-refractivity contribution in [2.24, 2.45) is 33.3 Å². The standard InChI is InChI=1S/C16H24N4/c1-2-4-20-14(18-19-15(20)17-3-1)16-8-11-5-12(9-16)7-13(6-11)10-16/h11-13H,1-10H2,(H,17,19). The molecule has 0 aromatic heterocycles. The molecule has 0 amide bonds. The van der Waals surface area contributed by atoms with E-state index in [4.69, 9.17) is 5.10 Å². The first-order valence-electron chi connectivity index (χ1n) is 8.49. The Hall–Kier alpha value is -1.06. The summed E-state index contributed by atoms with van der Waals surface area (Å²) in [6, 6.07) is 0. The van der Waals surface area contributed by atoms with Crippen molar-refractivity contribution < 1.29 is 0 Å². The molecule has 4 fully saturated rings. The molecule has 1 N–H and O–H groups in total. The molecule has 0 aromatic rings. The van der Waals surface area contributed by atoms with Gasteiger partial charge in [0.15, 0.2) is 0 Å². The van der Waals surface area contributed by atoms with Gasteiger partial charge in [0.2, 0.25) is 5.96 Å². The lowest BCUT2D eigenvalue weighted by atomic mass is 9.49. The molecule has 6 aliphatic rings. The number of nitrogens with zero attached hydrogens (tertiary/aromatic N) is 3. The van der Waals surface area contributed by atoms with Crippen LogP contribution >= 0.6 is 0 Å². The Labute approximate surface area is 120 Å². The summed E-state index contributed by atoms with van der Waals surface area (Å²) in [5.41, 5.74) is 3.63. The molecule has 108 valence electrons. The first-order valence-corrected chi connectivity index (χ1v) is 8.49. The molecule has 4 heteroatoms. The lowest BCUT2D eigenvalue weighted by Crippen LogP contribution is -2.54. The van der Waals surface area contributed by atoms with Crippen LogP contribution in [0.1, 0.15) is 51.4 Å². The zero-order chi connectivity index (χ0) is 13.2. The molecule has 2 aliphatic heterocycles. The minimum Gasteiger partial charge on any atom is -0.297 e. The predicted octanol–water partition coefficient (Wildman–Crippen LogP) is 2.57. The summed E-state index contributed by atoms with van der Waals surface area (Å²) in [5, 5.41) is 4.77. The van der Waals surface area contributed by atoms with Crippen molar-refractivity contribution in [1.29, 1.82) is 0 Å². The van der Waals surface area contributed by atoms with Crippen LogP contribution in [0.2, 0.25) is 0 Å². The monoisotopic (exact) mass is 272 g/mol. The van der Waals surface area contributed by atoms with E-state index in [1.807, 2.05) is 0 Å². The Balaban J connectivity index is 1.50. The lowest BCUT2D eigenvalue weighted by molar-refractivity contribution is -0.0163. The summed E-state index contributed by atoms with van der Waals surface area (Å²) >= 11 is 0. The molecular weight excluding hydrogens is 248 g/mol. The van der Waals surface area contributed by atoms with Crippen LogP contribution in [0.4, 0.5) is 0 Å². The van der Waals surface area contributed by atoms with Gasteiger partial charge < -0.3 is 0 Å². The number of fused-ring (bicyclic) bond motifs is 1. The highest BCUT2D eigenvalue weighted by atomic mass is 15.5. The summed E-state index contributed by atoms with van der Waals surface area (Å²) < 4.78 is 0. The van der Waals surface area contributed by atoms with E-state index in [0.29, 0.717) is 5.41 Å². The summed E-state index contributed by atoms with van der Waals surface area (Å²) in [6.07, 6.45) is 11.1.